The second-order valence-corrected chi connectivity index (χ2v) is 9.22. The van der Waals surface area contributed by atoms with Gasteiger partial charge in [0.1, 0.15) is 0 Å². The molecule has 2 heterocycles. The highest BCUT2D eigenvalue weighted by Crippen LogP contribution is 2.24. The standard InChI is InChI=1S/C25H29N3O2S/c1-17-15-21(18(2)27(17)3)23(29)16-31-25-26-22-12-8-7-11-20(22)24(30)28(25)14-13-19-9-5-4-6-10-19/h7-9,11-12,15H,4-6,10,13-14,16H2,1-3H3. The molecule has 0 unspecified atom stereocenters. The van der Waals surface area contributed by atoms with Gasteiger partial charge in [-0.3, -0.25) is 14.2 Å². The predicted molar refractivity (Wildman–Crippen MR) is 127 cm³/mol. The summed E-state index contributed by atoms with van der Waals surface area (Å²) >= 11 is 1.36. The number of carbonyl (C=O) groups is 1. The molecule has 162 valence electrons. The van der Waals surface area contributed by atoms with E-state index in [1.165, 1.54) is 30.2 Å². The first-order chi connectivity index (χ1) is 15.0. The molecule has 0 amide bonds. The summed E-state index contributed by atoms with van der Waals surface area (Å²) in [6.45, 7) is 4.56. The molecule has 3 aromatic rings. The highest BCUT2D eigenvalue weighted by molar-refractivity contribution is 7.99. The van der Waals surface area contributed by atoms with Gasteiger partial charge in [-0.05, 0) is 64.2 Å². The molecule has 4 rings (SSSR count). The van der Waals surface area contributed by atoms with Crippen molar-refractivity contribution in [3.8, 4) is 0 Å². The van der Waals surface area contributed by atoms with Crippen molar-refractivity contribution in [2.45, 2.75) is 57.7 Å². The average molecular weight is 436 g/mol. The van der Waals surface area contributed by atoms with Gasteiger partial charge in [0, 0.05) is 30.5 Å². The number of benzene rings is 1. The van der Waals surface area contributed by atoms with Gasteiger partial charge in [0.2, 0.25) is 0 Å². The highest BCUT2D eigenvalue weighted by Gasteiger charge is 2.17. The average Bonchev–Trinajstić information content (AvgIpc) is 3.05. The van der Waals surface area contributed by atoms with E-state index in [-0.39, 0.29) is 17.1 Å². The minimum absolute atomic E-state index is 0.0244. The monoisotopic (exact) mass is 435 g/mol. The maximum atomic E-state index is 13.2. The topological polar surface area (TPSA) is 56.9 Å². The first kappa shape index (κ1) is 21.6. The Morgan fingerprint density at radius 1 is 1.19 bits per heavy atom. The lowest BCUT2D eigenvalue weighted by Crippen LogP contribution is -2.24. The molecule has 0 radical (unpaired) electrons. The van der Waals surface area contributed by atoms with E-state index in [9.17, 15) is 9.59 Å². The molecule has 2 aromatic heterocycles. The van der Waals surface area contributed by atoms with Crippen molar-refractivity contribution >= 4 is 28.4 Å². The summed E-state index contributed by atoms with van der Waals surface area (Å²) in [6, 6.07) is 9.39. The number of ketones is 1. The molecular formula is C25H29N3O2S. The number of aryl methyl sites for hydroxylation is 1. The molecule has 1 aliphatic carbocycles. The summed E-state index contributed by atoms with van der Waals surface area (Å²) in [6.07, 6.45) is 7.90. The van der Waals surface area contributed by atoms with Gasteiger partial charge in [-0.15, -0.1) is 0 Å². The van der Waals surface area contributed by atoms with Crippen molar-refractivity contribution in [1.82, 2.24) is 14.1 Å². The van der Waals surface area contributed by atoms with E-state index >= 15 is 0 Å². The third kappa shape index (κ3) is 4.54. The summed E-state index contributed by atoms with van der Waals surface area (Å²) in [5.41, 5.74) is 4.86. The molecular weight excluding hydrogens is 406 g/mol. The number of aromatic nitrogens is 3. The molecule has 1 aromatic carbocycles. The van der Waals surface area contributed by atoms with Crippen LogP contribution in [0.5, 0.6) is 0 Å². The number of rotatable bonds is 7. The van der Waals surface area contributed by atoms with Gasteiger partial charge >= 0.3 is 0 Å². The van der Waals surface area contributed by atoms with Crippen LogP contribution in [0.25, 0.3) is 10.9 Å². The lowest BCUT2D eigenvalue weighted by molar-refractivity contribution is 0.102. The third-order valence-corrected chi connectivity index (χ3v) is 7.25. The molecule has 31 heavy (non-hydrogen) atoms. The number of allylic oxidation sites excluding steroid dienone is 2. The van der Waals surface area contributed by atoms with E-state index < -0.39 is 0 Å². The minimum Gasteiger partial charge on any atom is -0.351 e. The van der Waals surface area contributed by atoms with Gasteiger partial charge in [0.15, 0.2) is 10.9 Å². The van der Waals surface area contributed by atoms with Crippen molar-refractivity contribution in [1.29, 1.82) is 0 Å². The van der Waals surface area contributed by atoms with Crippen LogP contribution in [0.1, 0.15) is 53.8 Å². The quantitative estimate of drug-likeness (QED) is 0.221. The van der Waals surface area contributed by atoms with Crippen LogP contribution in [-0.2, 0) is 13.6 Å². The Hall–Kier alpha value is -2.60. The van der Waals surface area contributed by atoms with Crippen LogP contribution in [0.2, 0.25) is 0 Å². The van der Waals surface area contributed by atoms with E-state index in [4.69, 9.17) is 4.98 Å². The SMILES string of the molecule is Cc1cc(C(=O)CSc2nc3ccccc3c(=O)n2CCC2=CCCCC2)c(C)n1C. The maximum Gasteiger partial charge on any atom is 0.262 e. The van der Waals surface area contributed by atoms with Crippen molar-refractivity contribution < 1.29 is 4.79 Å². The Balaban J connectivity index is 1.61. The number of fused-ring (bicyclic) bond motifs is 1. The van der Waals surface area contributed by atoms with Crippen LogP contribution in [0, 0.1) is 13.8 Å². The van der Waals surface area contributed by atoms with Gasteiger partial charge in [-0.25, -0.2) is 4.98 Å². The Morgan fingerprint density at radius 2 is 2.00 bits per heavy atom. The summed E-state index contributed by atoms with van der Waals surface area (Å²) in [5, 5.41) is 1.25. The molecule has 0 atom stereocenters. The fourth-order valence-corrected chi connectivity index (χ4v) is 5.10. The van der Waals surface area contributed by atoms with Gasteiger partial charge < -0.3 is 4.57 Å². The summed E-state index contributed by atoms with van der Waals surface area (Å²) in [5.74, 6) is 0.327. The van der Waals surface area contributed by atoms with Crippen LogP contribution in [0.3, 0.4) is 0 Å². The third-order valence-electron chi connectivity index (χ3n) is 6.28. The van der Waals surface area contributed by atoms with Crippen molar-refractivity contribution in [2.24, 2.45) is 7.05 Å². The van der Waals surface area contributed by atoms with Crippen LogP contribution >= 0.6 is 11.8 Å². The molecule has 0 saturated carbocycles. The number of para-hydroxylation sites is 1. The first-order valence-corrected chi connectivity index (χ1v) is 11.9. The van der Waals surface area contributed by atoms with Gasteiger partial charge in [0.05, 0.1) is 16.7 Å². The molecule has 0 N–H and O–H groups in total. The first-order valence-electron chi connectivity index (χ1n) is 10.9. The molecule has 0 aliphatic heterocycles. The van der Waals surface area contributed by atoms with Crippen molar-refractivity contribution in [3.63, 3.8) is 0 Å². The maximum absolute atomic E-state index is 13.2. The van der Waals surface area contributed by atoms with Crippen molar-refractivity contribution in [3.05, 3.63) is 69.3 Å². The molecule has 0 fully saturated rings. The Kier molecular flexibility index (Phi) is 6.46. The van der Waals surface area contributed by atoms with Gasteiger partial charge in [0.25, 0.3) is 5.56 Å². The van der Waals surface area contributed by atoms with Crippen LogP contribution in [-0.4, -0.2) is 25.7 Å². The fraction of sp³-hybridized carbons (Fsp3) is 0.400. The normalized spacial score (nSPS) is 14.1. The second-order valence-electron chi connectivity index (χ2n) is 8.28. The minimum atomic E-state index is -0.0244. The van der Waals surface area contributed by atoms with E-state index in [1.807, 2.05) is 55.8 Å². The fourth-order valence-electron chi connectivity index (χ4n) is 4.19. The number of nitrogens with zero attached hydrogens (tertiary/aromatic N) is 3. The lowest BCUT2D eigenvalue weighted by Gasteiger charge is -2.16. The molecule has 0 spiro atoms. The van der Waals surface area contributed by atoms with Gasteiger partial charge in [-0.1, -0.05) is 35.5 Å². The zero-order valence-electron chi connectivity index (χ0n) is 18.5. The molecule has 6 heteroatoms. The van der Waals surface area contributed by atoms with E-state index in [0.29, 0.717) is 22.6 Å². The number of thioether (sulfide) groups is 1. The summed E-state index contributed by atoms with van der Waals surface area (Å²) in [7, 11) is 1.97. The lowest BCUT2D eigenvalue weighted by atomic mass is 9.97. The van der Waals surface area contributed by atoms with E-state index in [2.05, 4.69) is 6.08 Å². The predicted octanol–water partition coefficient (Wildman–Crippen LogP) is 5.22. The molecule has 5 nitrogen and oxygen atoms in total. The Bertz CT molecular complexity index is 1220. The number of carbonyl (C=O) groups excluding carboxylic acids is 1. The molecule has 0 saturated heterocycles. The number of hydrogen-bond donors (Lipinski definition) is 0. The smallest absolute Gasteiger partial charge is 0.262 e. The second kappa shape index (κ2) is 9.27. The zero-order chi connectivity index (χ0) is 22.0. The molecule has 1 aliphatic rings. The molecule has 0 bridgehead atoms. The van der Waals surface area contributed by atoms with E-state index in [1.54, 1.807) is 4.57 Å². The Morgan fingerprint density at radius 3 is 2.71 bits per heavy atom. The largest absolute Gasteiger partial charge is 0.351 e. The summed E-state index contributed by atoms with van der Waals surface area (Å²) < 4.78 is 3.79. The van der Waals surface area contributed by atoms with Crippen molar-refractivity contribution in [2.75, 3.05) is 5.75 Å². The van der Waals surface area contributed by atoms with Crippen LogP contribution in [0.4, 0.5) is 0 Å². The van der Waals surface area contributed by atoms with Crippen LogP contribution in [0.15, 0.2) is 51.9 Å². The van der Waals surface area contributed by atoms with E-state index in [0.717, 1.165) is 36.2 Å². The zero-order valence-corrected chi connectivity index (χ0v) is 19.3. The van der Waals surface area contributed by atoms with Gasteiger partial charge in [-0.2, -0.15) is 0 Å². The number of hydrogen-bond acceptors (Lipinski definition) is 4. The highest BCUT2D eigenvalue weighted by atomic mass is 32.2. The summed E-state index contributed by atoms with van der Waals surface area (Å²) in [4.78, 5) is 30.9. The van der Waals surface area contributed by atoms with Crippen LogP contribution < -0.4 is 5.56 Å². The Labute approximate surface area is 187 Å². The number of Topliss-reactive ketones (excluding diaryl/α,β-unsaturated/α-hetero) is 1.